The fraction of sp³-hybridized carbons (Fsp3) is 0.273. The third kappa shape index (κ3) is 3.67. The van der Waals surface area contributed by atoms with Gasteiger partial charge in [-0.05, 0) is 38.1 Å². The number of primary amides is 1. The van der Waals surface area contributed by atoms with Crippen molar-refractivity contribution in [2.24, 2.45) is 5.73 Å². The van der Waals surface area contributed by atoms with Crippen molar-refractivity contribution >= 4 is 17.7 Å². The fourth-order valence-corrected chi connectivity index (χ4v) is 1.09. The van der Waals surface area contributed by atoms with Crippen molar-refractivity contribution in [2.75, 3.05) is 5.32 Å². The molecule has 1 aromatic rings. The van der Waals surface area contributed by atoms with Gasteiger partial charge in [-0.1, -0.05) is 0 Å². The molecule has 0 fully saturated rings. The number of nitrogens with one attached hydrogen (secondary N) is 1. The molecule has 0 aliphatic carbocycles. The van der Waals surface area contributed by atoms with Crippen LogP contribution in [0.1, 0.15) is 13.8 Å². The molecular formula is C11H14N2O4. The number of carboxylic acid groups (broad SMARTS) is 1. The Bertz CT molecular complexity index is 426. The van der Waals surface area contributed by atoms with Gasteiger partial charge in [0.05, 0.1) is 0 Å². The number of ether oxygens (including phenoxy) is 1. The van der Waals surface area contributed by atoms with Crippen LogP contribution in [0.5, 0.6) is 5.75 Å². The Hall–Kier alpha value is -2.24. The van der Waals surface area contributed by atoms with Crippen molar-refractivity contribution in [2.45, 2.75) is 19.4 Å². The lowest BCUT2D eigenvalue weighted by Gasteiger charge is -2.21. The van der Waals surface area contributed by atoms with Crippen molar-refractivity contribution in [1.29, 1.82) is 0 Å². The molecule has 0 aromatic heterocycles. The third-order valence-corrected chi connectivity index (χ3v) is 2.01. The third-order valence-electron chi connectivity index (χ3n) is 2.01. The Morgan fingerprint density at radius 2 is 1.82 bits per heavy atom. The van der Waals surface area contributed by atoms with Crippen LogP contribution in [0, 0.1) is 0 Å². The summed E-state index contributed by atoms with van der Waals surface area (Å²) in [6.07, 6.45) is 0. The lowest BCUT2D eigenvalue weighted by Crippen LogP contribution is -2.37. The van der Waals surface area contributed by atoms with E-state index in [-0.39, 0.29) is 0 Å². The van der Waals surface area contributed by atoms with E-state index in [4.69, 9.17) is 15.6 Å². The van der Waals surface area contributed by atoms with Crippen LogP contribution in [-0.2, 0) is 4.79 Å². The van der Waals surface area contributed by atoms with Gasteiger partial charge in [-0.15, -0.1) is 0 Å². The molecule has 0 unspecified atom stereocenters. The lowest BCUT2D eigenvalue weighted by molar-refractivity contribution is -0.152. The van der Waals surface area contributed by atoms with Crippen LogP contribution in [0.4, 0.5) is 10.5 Å². The minimum atomic E-state index is -1.31. The van der Waals surface area contributed by atoms with E-state index < -0.39 is 17.6 Å². The number of benzene rings is 1. The van der Waals surface area contributed by atoms with Crippen LogP contribution in [0.15, 0.2) is 24.3 Å². The van der Waals surface area contributed by atoms with Gasteiger partial charge >= 0.3 is 12.0 Å². The van der Waals surface area contributed by atoms with Crippen LogP contribution in [0.2, 0.25) is 0 Å². The van der Waals surface area contributed by atoms with E-state index in [0.29, 0.717) is 11.4 Å². The highest BCUT2D eigenvalue weighted by Gasteiger charge is 2.29. The van der Waals surface area contributed by atoms with Crippen molar-refractivity contribution in [1.82, 2.24) is 0 Å². The van der Waals surface area contributed by atoms with Gasteiger partial charge in [0.15, 0.2) is 5.60 Å². The highest BCUT2D eigenvalue weighted by molar-refractivity contribution is 5.87. The molecule has 1 aromatic carbocycles. The number of urea groups is 1. The first-order valence-electron chi connectivity index (χ1n) is 4.90. The van der Waals surface area contributed by atoms with Crippen LogP contribution >= 0.6 is 0 Å². The summed E-state index contributed by atoms with van der Waals surface area (Å²) in [6.45, 7) is 2.90. The second kappa shape index (κ2) is 4.73. The number of rotatable bonds is 4. The first-order valence-corrected chi connectivity index (χ1v) is 4.90. The minimum Gasteiger partial charge on any atom is -0.478 e. The van der Waals surface area contributed by atoms with Crippen molar-refractivity contribution in [3.05, 3.63) is 24.3 Å². The zero-order chi connectivity index (χ0) is 13.1. The smallest absolute Gasteiger partial charge is 0.347 e. The summed E-state index contributed by atoms with van der Waals surface area (Å²) in [5, 5.41) is 11.3. The topological polar surface area (TPSA) is 102 Å². The molecule has 0 radical (unpaired) electrons. The number of hydrogen-bond donors (Lipinski definition) is 3. The highest BCUT2D eigenvalue weighted by Crippen LogP contribution is 2.20. The molecule has 0 atom stereocenters. The monoisotopic (exact) mass is 238 g/mol. The van der Waals surface area contributed by atoms with Gasteiger partial charge in [0.2, 0.25) is 0 Å². The zero-order valence-electron chi connectivity index (χ0n) is 9.56. The van der Waals surface area contributed by atoms with Gasteiger partial charge in [0.25, 0.3) is 0 Å². The van der Waals surface area contributed by atoms with Crippen LogP contribution < -0.4 is 15.8 Å². The molecule has 0 saturated carbocycles. The Labute approximate surface area is 98.4 Å². The second-order valence-corrected chi connectivity index (χ2v) is 3.93. The average Bonchev–Trinajstić information content (AvgIpc) is 2.19. The summed E-state index contributed by atoms with van der Waals surface area (Å²) < 4.78 is 5.28. The normalized spacial score (nSPS) is 10.7. The fourth-order valence-electron chi connectivity index (χ4n) is 1.09. The van der Waals surface area contributed by atoms with E-state index in [1.54, 1.807) is 24.3 Å². The van der Waals surface area contributed by atoms with Crippen molar-refractivity contribution in [3.8, 4) is 5.75 Å². The molecule has 0 bridgehead atoms. The lowest BCUT2D eigenvalue weighted by atomic mass is 10.1. The number of carboxylic acids is 1. The summed E-state index contributed by atoms with van der Waals surface area (Å²) in [5.74, 6) is -0.663. The molecule has 0 aliphatic heterocycles. The Morgan fingerprint density at radius 1 is 1.29 bits per heavy atom. The van der Waals surface area contributed by atoms with Gasteiger partial charge in [-0.25, -0.2) is 9.59 Å². The SMILES string of the molecule is CC(C)(Oc1ccc(NC(N)=O)cc1)C(=O)O. The van der Waals surface area contributed by atoms with Gasteiger partial charge < -0.3 is 20.9 Å². The molecule has 2 amide bonds. The summed E-state index contributed by atoms with van der Waals surface area (Å²) >= 11 is 0. The molecule has 4 N–H and O–H groups in total. The van der Waals surface area contributed by atoms with Crippen molar-refractivity contribution in [3.63, 3.8) is 0 Å². The summed E-state index contributed by atoms with van der Waals surface area (Å²) in [7, 11) is 0. The standard InChI is InChI=1S/C11H14N2O4/c1-11(2,9(14)15)17-8-5-3-7(4-6-8)13-10(12)16/h3-6H,1-2H3,(H,14,15)(H3,12,13,16). The maximum Gasteiger partial charge on any atom is 0.347 e. The van der Waals surface area contributed by atoms with E-state index in [1.165, 1.54) is 13.8 Å². The first kappa shape index (κ1) is 12.8. The number of carbonyl (C=O) groups excluding carboxylic acids is 1. The van der Waals surface area contributed by atoms with Crippen LogP contribution in [0.25, 0.3) is 0 Å². The van der Waals surface area contributed by atoms with Gasteiger partial charge in [0, 0.05) is 5.69 Å². The second-order valence-electron chi connectivity index (χ2n) is 3.93. The van der Waals surface area contributed by atoms with E-state index in [9.17, 15) is 9.59 Å². The largest absolute Gasteiger partial charge is 0.478 e. The number of nitrogens with two attached hydrogens (primary N) is 1. The maximum atomic E-state index is 10.8. The molecule has 17 heavy (non-hydrogen) atoms. The molecule has 0 saturated heterocycles. The minimum absolute atomic E-state index is 0.396. The van der Waals surface area contributed by atoms with E-state index in [0.717, 1.165) is 0 Å². The average molecular weight is 238 g/mol. The summed E-state index contributed by atoms with van der Waals surface area (Å²) in [6, 6.07) is 5.58. The number of carbonyl (C=O) groups is 2. The first-order chi connectivity index (χ1) is 7.81. The zero-order valence-corrected chi connectivity index (χ0v) is 9.56. The number of anilines is 1. The molecule has 0 aliphatic rings. The highest BCUT2D eigenvalue weighted by atomic mass is 16.5. The van der Waals surface area contributed by atoms with Crippen LogP contribution in [-0.4, -0.2) is 22.7 Å². The quantitative estimate of drug-likeness (QED) is 0.738. The molecular weight excluding hydrogens is 224 g/mol. The molecule has 6 nitrogen and oxygen atoms in total. The van der Waals surface area contributed by atoms with Gasteiger partial charge in [-0.2, -0.15) is 0 Å². The maximum absolute atomic E-state index is 10.8. The predicted octanol–water partition coefficient (Wildman–Crippen LogP) is 1.42. The van der Waals surface area contributed by atoms with Gasteiger partial charge in [-0.3, -0.25) is 0 Å². The molecule has 1 rings (SSSR count). The van der Waals surface area contributed by atoms with Crippen LogP contribution in [0.3, 0.4) is 0 Å². The Balaban J connectivity index is 2.75. The van der Waals surface area contributed by atoms with Gasteiger partial charge in [0.1, 0.15) is 5.75 Å². The molecule has 6 heteroatoms. The Morgan fingerprint density at radius 3 is 2.24 bits per heavy atom. The molecule has 92 valence electrons. The van der Waals surface area contributed by atoms with E-state index in [2.05, 4.69) is 5.32 Å². The van der Waals surface area contributed by atoms with Crippen molar-refractivity contribution < 1.29 is 19.4 Å². The molecule has 0 heterocycles. The summed E-state index contributed by atoms with van der Waals surface area (Å²) in [4.78, 5) is 21.4. The number of hydrogen-bond acceptors (Lipinski definition) is 3. The number of amides is 2. The van der Waals surface area contributed by atoms with E-state index in [1.807, 2.05) is 0 Å². The van der Waals surface area contributed by atoms with E-state index >= 15 is 0 Å². The molecule has 0 spiro atoms. The summed E-state index contributed by atoms with van der Waals surface area (Å²) in [5.41, 5.74) is 4.15. The Kier molecular flexibility index (Phi) is 3.57. The number of aliphatic carboxylic acids is 1. The predicted molar refractivity (Wildman–Crippen MR) is 62.0 cm³/mol.